The van der Waals surface area contributed by atoms with Gasteiger partial charge in [0.2, 0.25) is 10.0 Å². The van der Waals surface area contributed by atoms with Gasteiger partial charge < -0.3 is 10.3 Å². The van der Waals surface area contributed by atoms with Crippen LogP contribution in [0.2, 0.25) is 5.02 Å². The van der Waals surface area contributed by atoms with E-state index in [2.05, 4.69) is 9.71 Å². The molecule has 0 aliphatic rings. The van der Waals surface area contributed by atoms with E-state index in [1.807, 2.05) is 10.8 Å². The lowest BCUT2D eigenvalue weighted by Gasteiger charge is -2.09. The number of nitrogens with one attached hydrogen (secondary N) is 1. The number of aryl methyl sites for hydroxylation is 1. The molecule has 0 aliphatic carbocycles. The zero-order valence-electron chi connectivity index (χ0n) is 10.7. The molecule has 0 bridgehead atoms. The minimum atomic E-state index is -3.61. The van der Waals surface area contributed by atoms with E-state index in [0.717, 1.165) is 0 Å². The Morgan fingerprint density at radius 3 is 2.85 bits per heavy atom. The first kappa shape index (κ1) is 14.8. The topological polar surface area (TPSA) is 90.0 Å². The van der Waals surface area contributed by atoms with Crippen LogP contribution in [0.1, 0.15) is 6.42 Å². The van der Waals surface area contributed by atoms with Gasteiger partial charge in [-0.15, -0.1) is 0 Å². The lowest BCUT2D eigenvalue weighted by molar-refractivity contribution is 0.570. The first-order valence-electron chi connectivity index (χ1n) is 5.99. The number of imidazole rings is 1. The third kappa shape index (κ3) is 3.72. The molecular formula is C12H15ClN4O2S. The van der Waals surface area contributed by atoms with Crippen LogP contribution >= 0.6 is 11.6 Å². The lowest BCUT2D eigenvalue weighted by Crippen LogP contribution is -2.26. The Morgan fingerprint density at radius 1 is 1.40 bits per heavy atom. The highest BCUT2D eigenvalue weighted by Gasteiger charge is 2.16. The number of nitrogens with two attached hydrogens (primary N) is 1. The van der Waals surface area contributed by atoms with Gasteiger partial charge in [0, 0.05) is 30.5 Å². The fraction of sp³-hybridized carbons (Fsp3) is 0.250. The van der Waals surface area contributed by atoms with Crippen LogP contribution in [0.4, 0.5) is 5.69 Å². The van der Waals surface area contributed by atoms with E-state index in [9.17, 15) is 8.42 Å². The van der Waals surface area contributed by atoms with Crippen LogP contribution < -0.4 is 10.5 Å². The van der Waals surface area contributed by atoms with E-state index in [0.29, 0.717) is 24.5 Å². The van der Waals surface area contributed by atoms with Crippen LogP contribution in [0.3, 0.4) is 0 Å². The van der Waals surface area contributed by atoms with Gasteiger partial charge in [-0.2, -0.15) is 0 Å². The van der Waals surface area contributed by atoms with Crippen molar-refractivity contribution >= 4 is 27.3 Å². The number of aromatic nitrogens is 2. The van der Waals surface area contributed by atoms with E-state index < -0.39 is 10.0 Å². The summed E-state index contributed by atoms with van der Waals surface area (Å²) in [6.45, 7) is 1.02. The molecule has 0 fully saturated rings. The minimum absolute atomic E-state index is 0.0459. The predicted molar refractivity (Wildman–Crippen MR) is 77.9 cm³/mol. The number of hydrogen-bond donors (Lipinski definition) is 2. The number of sulfonamides is 1. The number of benzene rings is 1. The average Bonchev–Trinajstić information content (AvgIpc) is 2.87. The Hall–Kier alpha value is -1.57. The normalized spacial score (nSPS) is 11.7. The largest absolute Gasteiger partial charge is 0.398 e. The van der Waals surface area contributed by atoms with Crippen molar-refractivity contribution in [3.8, 4) is 0 Å². The highest BCUT2D eigenvalue weighted by molar-refractivity contribution is 7.89. The van der Waals surface area contributed by atoms with Crippen molar-refractivity contribution in [3.05, 3.63) is 41.9 Å². The van der Waals surface area contributed by atoms with E-state index in [-0.39, 0.29) is 10.6 Å². The summed E-state index contributed by atoms with van der Waals surface area (Å²) in [5.41, 5.74) is 5.81. The van der Waals surface area contributed by atoms with Gasteiger partial charge >= 0.3 is 0 Å². The molecule has 0 saturated heterocycles. The fourth-order valence-corrected chi connectivity index (χ4v) is 3.09. The van der Waals surface area contributed by atoms with Gasteiger partial charge in [-0.25, -0.2) is 18.1 Å². The van der Waals surface area contributed by atoms with Crippen molar-refractivity contribution in [1.82, 2.24) is 14.3 Å². The number of halogens is 1. The number of hydrogen-bond acceptors (Lipinski definition) is 4. The zero-order chi connectivity index (χ0) is 14.6. The van der Waals surface area contributed by atoms with Crippen molar-refractivity contribution < 1.29 is 8.42 Å². The summed E-state index contributed by atoms with van der Waals surface area (Å²) in [6, 6.07) is 4.31. The summed E-state index contributed by atoms with van der Waals surface area (Å²) >= 11 is 5.75. The van der Waals surface area contributed by atoms with Crippen molar-refractivity contribution in [2.75, 3.05) is 12.3 Å². The van der Waals surface area contributed by atoms with E-state index >= 15 is 0 Å². The predicted octanol–water partition coefficient (Wildman–Crippen LogP) is 1.49. The molecule has 3 N–H and O–H groups in total. The Balaban J connectivity index is 1.93. The zero-order valence-corrected chi connectivity index (χ0v) is 12.2. The molecule has 20 heavy (non-hydrogen) atoms. The molecule has 0 unspecified atom stereocenters. The quantitative estimate of drug-likeness (QED) is 0.624. The summed E-state index contributed by atoms with van der Waals surface area (Å²) in [4.78, 5) is 3.96. The second kappa shape index (κ2) is 6.25. The summed E-state index contributed by atoms with van der Waals surface area (Å²) < 4.78 is 28.5. The highest BCUT2D eigenvalue weighted by atomic mass is 35.5. The molecule has 0 radical (unpaired) electrons. The number of nitrogen functional groups attached to an aromatic ring is 1. The molecule has 1 aromatic heterocycles. The van der Waals surface area contributed by atoms with Gasteiger partial charge in [0.1, 0.15) is 4.90 Å². The van der Waals surface area contributed by atoms with Crippen molar-refractivity contribution in [2.45, 2.75) is 17.9 Å². The molecule has 8 heteroatoms. The van der Waals surface area contributed by atoms with Gasteiger partial charge in [-0.3, -0.25) is 0 Å². The summed E-state index contributed by atoms with van der Waals surface area (Å²) in [7, 11) is -3.61. The van der Waals surface area contributed by atoms with Crippen molar-refractivity contribution in [2.24, 2.45) is 0 Å². The number of nitrogens with zero attached hydrogens (tertiary/aromatic N) is 2. The van der Waals surface area contributed by atoms with E-state index in [1.54, 1.807) is 12.5 Å². The van der Waals surface area contributed by atoms with Gasteiger partial charge in [-0.1, -0.05) is 11.6 Å². The molecule has 0 spiro atoms. The second-order valence-corrected chi connectivity index (χ2v) is 6.41. The molecule has 0 saturated carbocycles. The van der Waals surface area contributed by atoms with E-state index in [1.165, 1.54) is 18.2 Å². The Bertz CT molecular complexity index is 671. The van der Waals surface area contributed by atoms with Gasteiger partial charge in [0.15, 0.2) is 0 Å². The second-order valence-electron chi connectivity index (χ2n) is 4.23. The molecular weight excluding hydrogens is 300 g/mol. The van der Waals surface area contributed by atoms with Gasteiger partial charge in [-0.05, 0) is 24.6 Å². The molecule has 1 aromatic carbocycles. The molecule has 2 aromatic rings. The monoisotopic (exact) mass is 314 g/mol. The molecule has 2 rings (SSSR count). The molecule has 108 valence electrons. The maximum atomic E-state index is 12.1. The maximum Gasteiger partial charge on any atom is 0.242 e. The fourth-order valence-electron chi connectivity index (χ4n) is 1.73. The minimum Gasteiger partial charge on any atom is -0.398 e. The first-order chi connectivity index (χ1) is 9.49. The highest BCUT2D eigenvalue weighted by Crippen LogP contribution is 2.22. The van der Waals surface area contributed by atoms with Crippen LogP contribution in [-0.2, 0) is 16.6 Å². The molecule has 0 aliphatic heterocycles. The van der Waals surface area contributed by atoms with Crippen molar-refractivity contribution in [3.63, 3.8) is 0 Å². The van der Waals surface area contributed by atoms with Crippen LogP contribution in [-0.4, -0.2) is 24.5 Å². The van der Waals surface area contributed by atoms with Gasteiger partial charge in [0.25, 0.3) is 0 Å². The Labute approximate surface area is 122 Å². The molecule has 0 amide bonds. The summed E-state index contributed by atoms with van der Waals surface area (Å²) in [5, 5.41) is 0.404. The molecule has 6 nitrogen and oxygen atoms in total. The molecule has 1 heterocycles. The van der Waals surface area contributed by atoms with Crippen molar-refractivity contribution in [1.29, 1.82) is 0 Å². The van der Waals surface area contributed by atoms with Crippen LogP contribution in [0.25, 0.3) is 0 Å². The summed E-state index contributed by atoms with van der Waals surface area (Å²) in [6.07, 6.45) is 5.85. The number of rotatable bonds is 6. The third-order valence-corrected chi connectivity index (χ3v) is 4.48. The summed E-state index contributed by atoms with van der Waals surface area (Å²) in [5.74, 6) is 0. The third-order valence-electron chi connectivity index (χ3n) is 2.71. The number of anilines is 1. The standard InChI is InChI=1S/C12H15ClN4O2S/c13-10-2-3-12(11(14)8-10)20(18,19)16-4-1-6-17-7-5-15-9-17/h2-3,5,7-9,16H,1,4,6,14H2. The van der Waals surface area contributed by atoms with Crippen LogP contribution in [0.5, 0.6) is 0 Å². The molecule has 0 atom stereocenters. The Kier molecular flexibility index (Phi) is 4.64. The SMILES string of the molecule is Nc1cc(Cl)ccc1S(=O)(=O)NCCCn1ccnc1. The lowest BCUT2D eigenvalue weighted by atomic mass is 10.3. The van der Waals surface area contributed by atoms with Crippen LogP contribution in [0, 0.1) is 0 Å². The first-order valence-corrected chi connectivity index (χ1v) is 7.85. The van der Waals surface area contributed by atoms with Crippen LogP contribution in [0.15, 0.2) is 41.8 Å². The Morgan fingerprint density at radius 2 is 2.20 bits per heavy atom. The van der Waals surface area contributed by atoms with E-state index in [4.69, 9.17) is 17.3 Å². The maximum absolute atomic E-state index is 12.1. The van der Waals surface area contributed by atoms with Gasteiger partial charge in [0.05, 0.1) is 12.0 Å². The smallest absolute Gasteiger partial charge is 0.242 e. The average molecular weight is 315 g/mol.